The number of fused-ring (bicyclic) bond motifs is 2. The van der Waals surface area contributed by atoms with Gasteiger partial charge in [-0.3, -0.25) is 14.3 Å². The largest absolute Gasteiger partial charge is 0.329 e. The third-order valence-corrected chi connectivity index (χ3v) is 4.17. The first-order valence-corrected chi connectivity index (χ1v) is 6.04. The van der Waals surface area contributed by atoms with E-state index in [-0.39, 0.29) is 22.4 Å². The lowest BCUT2D eigenvalue weighted by Gasteiger charge is -2.22. The molecule has 3 unspecified atom stereocenters. The van der Waals surface area contributed by atoms with Gasteiger partial charge in [0.1, 0.15) is 5.15 Å². The molecule has 0 aromatic carbocycles. The molecule has 1 N–H and O–H groups in total. The molecule has 2 aliphatic carbocycles. The fourth-order valence-electron chi connectivity index (χ4n) is 3.32. The molecule has 1 aromatic rings. The minimum atomic E-state index is -0.366. The average Bonchev–Trinajstić information content (AvgIpc) is 2.77. The Labute approximate surface area is 97.2 Å². The Bertz CT molecular complexity index is 502. The minimum Gasteiger partial charge on any atom is -0.298 e. The van der Waals surface area contributed by atoms with Crippen molar-refractivity contribution in [3.63, 3.8) is 0 Å². The van der Waals surface area contributed by atoms with Gasteiger partial charge in [-0.2, -0.15) is 0 Å². The van der Waals surface area contributed by atoms with E-state index in [1.165, 1.54) is 23.5 Å². The van der Waals surface area contributed by atoms with Crippen LogP contribution < -0.4 is 11.2 Å². The van der Waals surface area contributed by atoms with Gasteiger partial charge < -0.3 is 0 Å². The quantitative estimate of drug-likeness (QED) is 0.758. The summed E-state index contributed by atoms with van der Waals surface area (Å²) in [6.45, 7) is 0. The lowest BCUT2D eigenvalue weighted by molar-refractivity contribution is 0.313. The van der Waals surface area contributed by atoms with E-state index in [0.29, 0.717) is 11.8 Å². The Kier molecular flexibility index (Phi) is 2.21. The van der Waals surface area contributed by atoms with Crippen LogP contribution in [-0.2, 0) is 0 Å². The van der Waals surface area contributed by atoms with E-state index in [0.717, 1.165) is 12.8 Å². The first-order valence-electron chi connectivity index (χ1n) is 5.66. The van der Waals surface area contributed by atoms with Crippen molar-refractivity contribution < 1.29 is 0 Å². The third-order valence-electron chi connectivity index (χ3n) is 3.97. The molecule has 0 amide bonds. The van der Waals surface area contributed by atoms with E-state index in [9.17, 15) is 9.59 Å². The summed E-state index contributed by atoms with van der Waals surface area (Å²) in [5, 5.41) is 0.120. The molecule has 3 atom stereocenters. The lowest BCUT2D eigenvalue weighted by atomic mass is 9.95. The van der Waals surface area contributed by atoms with Crippen molar-refractivity contribution in [2.45, 2.75) is 31.7 Å². The summed E-state index contributed by atoms with van der Waals surface area (Å²) in [4.78, 5) is 26.0. The number of H-pyrrole nitrogens is 1. The van der Waals surface area contributed by atoms with E-state index in [2.05, 4.69) is 4.98 Å². The van der Waals surface area contributed by atoms with Crippen molar-refractivity contribution >= 4 is 11.6 Å². The van der Waals surface area contributed by atoms with Crippen LogP contribution >= 0.6 is 11.6 Å². The van der Waals surface area contributed by atoms with Gasteiger partial charge in [-0.25, -0.2) is 4.79 Å². The topological polar surface area (TPSA) is 54.9 Å². The maximum Gasteiger partial charge on any atom is 0.329 e. The molecule has 2 fully saturated rings. The zero-order valence-electron chi connectivity index (χ0n) is 8.78. The van der Waals surface area contributed by atoms with Crippen molar-refractivity contribution in [2.75, 3.05) is 0 Å². The molecule has 3 rings (SSSR count). The Balaban J connectivity index is 2.08. The van der Waals surface area contributed by atoms with Gasteiger partial charge in [0, 0.05) is 12.1 Å². The number of aromatic nitrogens is 2. The van der Waals surface area contributed by atoms with E-state index >= 15 is 0 Å². The van der Waals surface area contributed by atoms with E-state index in [1.54, 1.807) is 0 Å². The van der Waals surface area contributed by atoms with Crippen LogP contribution in [0.5, 0.6) is 0 Å². The second kappa shape index (κ2) is 3.48. The van der Waals surface area contributed by atoms with Gasteiger partial charge >= 0.3 is 5.69 Å². The molecule has 1 aromatic heterocycles. The van der Waals surface area contributed by atoms with Gasteiger partial charge in [0.25, 0.3) is 5.56 Å². The van der Waals surface area contributed by atoms with Gasteiger partial charge in [-0.15, -0.1) is 0 Å². The summed E-state index contributed by atoms with van der Waals surface area (Å²) in [6, 6.07) is 1.38. The molecule has 5 heteroatoms. The van der Waals surface area contributed by atoms with Crippen LogP contribution in [0.15, 0.2) is 15.7 Å². The number of halogens is 1. The maximum atomic E-state index is 11.8. The average molecular weight is 241 g/mol. The standard InChI is InChI=1S/C11H13ClN2O2/c12-9-5-10(15)14(11(16)13-9)8-4-6-1-2-7(8)3-6/h5-8H,1-4H2,(H,13,16). The molecule has 2 bridgehead atoms. The van der Waals surface area contributed by atoms with Crippen LogP contribution in [0.1, 0.15) is 31.7 Å². The SMILES string of the molecule is O=c1cc(Cl)[nH]c(=O)n1C1CC2CCC1C2. The molecule has 86 valence electrons. The van der Waals surface area contributed by atoms with Gasteiger partial charge in [0.05, 0.1) is 0 Å². The molecule has 0 aliphatic heterocycles. The summed E-state index contributed by atoms with van der Waals surface area (Å²) >= 11 is 5.64. The molecule has 4 nitrogen and oxygen atoms in total. The summed E-state index contributed by atoms with van der Waals surface area (Å²) in [6.07, 6.45) is 4.53. The summed E-state index contributed by atoms with van der Waals surface area (Å²) in [5.41, 5.74) is -0.638. The van der Waals surface area contributed by atoms with Gasteiger partial charge in [0.15, 0.2) is 0 Å². The van der Waals surface area contributed by atoms with Crippen molar-refractivity contribution in [1.29, 1.82) is 0 Å². The number of nitrogens with zero attached hydrogens (tertiary/aromatic N) is 1. The number of rotatable bonds is 1. The highest BCUT2D eigenvalue weighted by Gasteiger charge is 2.41. The lowest BCUT2D eigenvalue weighted by Crippen LogP contribution is -2.39. The van der Waals surface area contributed by atoms with Gasteiger partial charge in [-0.1, -0.05) is 18.0 Å². The van der Waals surface area contributed by atoms with Crippen molar-refractivity contribution in [1.82, 2.24) is 9.55 Å². The minimum absolute atomic E-state index is 0.0901. The summed E-state index contributed by atoms with van der Waals surface area (Å²) in [7, 11) is 0. The highest BCUT2D eigenvalue weighted by atomic mass is 35.5. The molecule has 2 saturated carbocycles. The summed E-state index contributed by atoms with van der Waals surface area (Å²) in [5.74, 6) is 1.21. The Morgan fingerprint density at radius 3 is 2.69 bits per heavy atom. The highest BCUT2D eigenvalue weighted by Crippen LogP contribution is 2.49. The van der Waals surface area contributed by atoms with E-state index < -0.39 is 0 Å². The van der Waals surface area contributed by atoms with Crippen LogP contribution in [0, 0.1) is 11.8 Å². The van der Waals surface area contributed by atoms with Crippen LogP contribution in [-0.4, -0.2) is 9.55 Å². The van der Waals surface area contributed by atoms with Gasteiger partial charge in [-0.05, 0) is 31.1 Å². The van der Waals surface area contributed by atoms with Gasteiger partial charge in [0.2, 0.25) is 0 Å². The van der Waals surface area contributed by atoms with Crippen LogP contribution in [0.25, 0.3) is 0 Å². The van der Waals surface area contributed by atoms with E-state index in [4.69, 9.17) is 11.6 Å². The Hall–Kier alpha value is -1.03. The molecule has 16 heavy (non-hydrogen) atoms. The third kappa shape index (κ3) is 1.44. The molecular formula is C11H13ClN2O2. The Morgan fingerprint density at radius 2 is 2.12 bits per heavy atom. The molecule has 0 spiro atoms. The van der Waals surface area contributed by atoms with Crippen molar-refractivity contribution in [2.24, 2.45) is 11.8 Å². The molecule has 1 heterocycles. The maximum absolute atomic E-state index is 11.8. The molecule has 0 radical (unpaired) electrons. The molecule has 0 saturated heterocycles. The van der Waals surface area contributed by atoms with E-state index in [1.807, 2.05) is 0 Å². The zero-order valence-corrected chi connectivity index (χ0v) is 9.54. The predicted molar refractivity (Wildman–Crippen MR) is 60.8 cm³/mol. The number of aromatic amines is 1. The fraction of sp³-hybridized carbons (Fsp3) is 0.636. The Morgan fingerprint density at radius 1 is 1.31 bits per heavy atom. The number of hydrogen-bond acceptors (Lipinski definition) is 2. The monoisotopic (exact) mass is 240 g/mol. The fourth-order valence-corrected chi connectivity index (χ4v) is 3.49. The van der Waals surface area contributed by atoms with Crippen LogP contribution in [0.4, 0.5) is 0 Å². The van der Waals surface area contributed by atoms with Crippen LogP contribution in [0.3, 0.4) is 0 Å². The second-order valence-corrected chi connectivity index (χ2v) is 5.28. The predicted octanol–water partition coefficient (Wildman–Crippen LogP) is 1.55. The first-order chi connectivity index (χ1) is 7.65. The molecular weight excluding hydrogens is 228 g/mol. The zero-order chi connectivity index (χ0) is 11.3. The number of nitrogens with one attached hydrogen (secondary N) is 1. The molecule has 2 aliphatic rings. The normalized spacial score (nSPS) is 32.2. The number of hydrogen-bond donors (Lipinski definition) is 1. The smallest absolute Gasteiger partial charge is 0.298 e. The van der Waals surface area contributed by atoms with Crippen LogP contribution in [0.2, 0.25) is 5.15 Å². The summed E-state index contributed by atoms with van der Waals surface area (Å²) < 4.78 is 1.36. The van der Waals surface area contributed by atoms with Crippen molar-refractivity contribution in [3.05, 3.63) is 32.1 Å². The first kappa shape index (κ1) is 10.1. The second-order valence-electron chi connectivity index (χ2n) is 4.87. The highest BCUT2D eigenvalue weighted by molar-refractivity contribution is 6.29. The van der Waals surface area contributed by atoms with Crippen molar-refractivity contribution in [3.8, 4) is 0 Å².